The van der Waals surface area contributed by atoms with Gasteiger partial charge in [0.2, 0.25) is 10.0 Å². The fourth-order valence-corrected chi connectivity index (χ4v) is 8.50. The number of para-hydroxylation sites is 1. The molecule has 1 heterocycles. The molecular formula is C34H45N3O5S2. The van der Waals surface area contributed by atoms with Crippen molar-refractivity contribution >= 4 is 44.8 Å². The highest BCUT2D eigenvalue weighted by Crippen LogP contribution is 2.45. The summed E-state index contributed by atoms with van der Waals surface area (Å²) in [6, 6.07) is 21.4. The van der Waals surface area contributed by atoms with Crippen LogP contribution in [0.3, 0.4) is 0 Å². The summed E-state index contributed by atoms with van der Waals surface area (Å²) in [5.41, 5.74) is 3.53. The summed E-state index contributed by atoms with van der Waals surface area (Å²) in [5, 5.41) is 0. The summed E-state index contributed by atoms with van der Waals surface area (Å²) < 4.78 is 42.2. The van der Waals surface area contributed by atoms with Crippen molar-refractivity contribution in [2.24, 2.45) is 0 Å². The lowest BCUT2D eigenvalue weighted by atomic mass is 9.92. The van der Waals surface area contributed by atoms with Crippen LogP contribution in [-0.4, -0.2) is 64.3 Å². The molecule has 1 unspecified atom stereocenters. The number of carbonyl (C=O) groups is 1. The van der Waals surface area contributed by atoms with E-state index in [1.54, 1.807) is 18.3 Å². The van der Waals surface area contributed by atoms with Crippen molar-refractivity contribution in [3.63, 3.8) is 0 Å². The van der Waals surface area contributed by atoms with Crippen molar-refractivity contribution in [2.75, 3.05) is 49.9 Å². The molecule has 0 bridgehead atoms. The quantitative estimate of drug-likeness (QED) is 0.188. The molecule has 3 aromatic rings. The molecule has 0 radical (unpaired) electrons. The number of fused-ring (bicyclic) bond motifs is 1. The van der Waals surface area contributed by atoms with Crippen molar-refractivity contribution in [1.29, 1.82) is 0 Å². The summed E-state index contributed by atoms with van der Waals surface area (Å²) in [4.78, 5) is 16.5. The Morgan fingerprint density at radius 3 is 2.36 bits per heavy atom. The van der Waals surface area contributed by atoms with Gasteiger partial charge in [-0.05, 0) is 67.8 Å². The van der Waals surface area contributed by atoms with Crippen molar-refractivity contribution in [2.45, 2.75) is 62.8 Å². The first kappa shape index (κ1) is 33.7. The van der Waals surface area contributed by atoms with Crippen LogP contribution < -0.4 is 14.5 Å². The Kier molecular flexibility index (Phi) is 11.3. The Morgan fingerprint density at radius 2 is 1.75 bits per heavy atom. The molecule has 0 N–H and O–H groups in total. The van der Waals surface area contributed by atoms with E-state index in [-0.39, 0.29) is 23.2 Å². The number of benzene rings is 3. The third-order valence-electron chi connectivity index (χ3n) is 8.01. The molecule has 0 fully saturated rings. The van der Waals surface area contributed by atoms with Gasteiger partial charge in [-0.1, -0.05) is 50.1 Å². The van der Waals surface area contributed by atoms with E-state index in [1.807, 2.05) is 85.7 Å². The molecule has 0 spiro atoms. The highest BCUT2D eigenvalue weighted by Gasteiger charge is 2.46. The Morgan fingerprint density at radius 1 is 1.05 bits per heavy atom. The molecule has 1 aliphatic heterocycles. The lowest BCUT2D eigenvalue weighted by Gasteiger charge is -2.41. The van der Waals surface area contributed by atoms with Crippen LogP contribution in [0.25, 0.3) is 0 Å². The fraction of sp³-hybridized carbons (Fsp3) is 0.441. The number of sulfonamides is 1. The zero-order chi connectivity index (χ0) is 31.9. The molecule has 0 aromatic heterocycles. The van der Waals surface area contributed by atoms with Gasteiger partial charge < -0.3 is 19.3 Å². The number of esters is 1. The SMILES string of the molecule is CCCCC1(C)CN(c2ccccc2)c2cc(N(C)C)c(CSCC(=O)OCC)cc2S(=O)(=O)N1Cc1ccc(OC)cc1. The Labute approximate surface area is 267 Å². The number of rotatable bonds is 13. The van der Waals surface area contributed by atoms with Crippen LogP contribution >= 0.6 is 11.8 Å². The number of nitrogens with zero attached hydrogens (tertiary/aromatic N) is 3. The van der Waals surface area contributed by atoms with Crippen molar-refractivity contribution < 1.29 is 22.7 Å². The van der Waals surface area contributed by atoms with Gasteiger partial charge in [-0.15, -0.1) is 11.8 Å². The number of ether oxygens (including phenoxy) is 2. The zero-order valence-electron chi connectivity index (χ0n) is 26.7. The third-order valence-corrected chi connectivity index (χ3v) is 11.0. The van der Waals surface area contributed by atoms with Gasteiger partial charge >= 0.3 is 5.97 Å². The lowest BCUT2D eigenvalue weighted by Crippen LogP contribution is -2.53. The number of unbranched alkanes of at least 4 members (excludes halogenated alkanes) is 1. The van der Waals surface area contributed by atoms with Crippen LogP contribution in [0.1, 0.15) is 51.2 Å². The molecule has 1 aliphatic rings. The van der Waals surface area contributed by atoms with Crippen molar-refractivity contribution in [3.05, 3.63) is 77.9 Å². The smallest absolute Gasteiger partial charge is 0.315 e. The number of hydrogen-bond acceptors (Lipinski definition) is 8. The molecule has 8 nitrogen and oxygen atoms in total. The van der Waals surface area contributed by atoms with Gasteiger partial charge in [0.25, 0.3) is 0 Å². The maximum atomic E-state index is 15.0. The largest absolute Gasteiger partial charge is 0.497 e. The molecule has 10 heteroatoms. The second kappa shape index (κ2) is 14.7. The van der Waals surface area contributed by atoms with Gasteiger partial charge in [-0.2, -0.15) is 4.31 Å². The molecule has 44 heavy (non-hydrogen) atoms. The van der Waals surface area contributed by atoms with Gasteiger partial charge in [0.05, 0.1) is 30.7 Å². The van der Waals surface area contributed by atoms with Gasteiger partial charge in [0.1, 0.15) is 10.6 Å². The van der Waals surface area contributed by atoms with E-state index < -0.39 is 15.6 Å². The molecule has 4 rings (SSSR count). The third kappa shape index (κ3) is 7.53. The molecular weight excluding hydrogens is 595 g/mol. The van der Waals surface area contributed by atoms with Gasteiger partial charge in [-0.25, -0.2) is 8.42 Å². The number of hydrogen-bond donors (Lipinski definition) is 0. The standard InChI is InChI=1S/C34H45N3O5S2/c1-7-9-19-34(3)25-36(28-13-11-10-12-14-28)31-21-30(35(4)5)27(23-43-24-33(38)42-8-2)20-32(31)44(39,40)37(34)22-26-15-17-29(41-6)18-16-26/h10-18,20-21H,7-9,19,22-25H2,1-6H3. The van der Waals surface area contributed by atoms with Gasteiger partial charge in [0.15, 0.2) is 0 Å². The maximum absolute atomic E-state index is 15.0. The van der Waals surface area contributed by atoms with Crippen LogP contribution in [-0.2, 0) is 31.9 Å². The van der Waals surface area contributed by atoms with E-state index in [1.165, 1.54) is 11.8 Å². The van der Waals surface area contributed by atoms with E-state index in [0.717, 1.165) is 41.1 Å². The molecule has 238 valence electrons. The van der Waals surface area contributed by atoms with Crippen LogP contribution in [0, 0.1) is 0 Å². The minimum atomic E-state index is -3.99. The average Bonchev–Trinajstić information content (AvgIpc) is 3.08. The van der Waals surface area contributed by atoms with Crippen LogP contribution in [0.4, 0.5) is 17.1 Å². The molecule has 0 saturated heterocycles. The van der Waals surface area contributed by atoms with Crippen LogP contribution in [0.15, 0.2) is 71.6 Å². The Balaban J connectivity index is 1.91. The highest BCUT2D eigenvalue weighted by molar-refractivity contribution is 7.99. The molecule has 3 aromatic carbocycles. The summed E-state index contributed by atoms with van der Waals surface area (Å²) in [7, 11) is 1.55. The molecule has 0 saturated carbocycles. The second-order valence-corrected chi connectivity index (χ2v) is 14.3. The fourth-order valence-electron chi connectivity index (χ4n) is 5.68. The number of thioether (sulfide) groups is 1. The van der Waals surface area contributed by atoms with Crippen LogP contribution in [0.5, 0.6) is 5.75 Å². The van der Waals surface area contributed by atoms with Crippen LogP contribution in [0.2, 0.25) is 0 Å². The van der Waals surface area contributed by atoms with Crippen molar-refractivity contribution in [1.82, 2.24) is 4.31 Å². The first-order valence-corrected chi connectivity index (χ1v) is 17.7. The van der Waals surface area contributed by atoms with E-state index in [4.69, 9.17) is 9.47 Å². The summed E-state index contributed by atoms with van der Waals surface area (Å²) in [5.74, 6) is 1.10. The molecule has 1 atom stereocenters. The number of methoxy groups -OCH3 is 1. The van der Waals surface area contributed by atoms with E-state index >= 15 is 0 Å². The normalized spacial score (nSPS) is 17.9. The monoisotopic (exact) mass is 639 g/mol. The minimum Gasteiger partial charge on any atom is -0.497 e. The second-order valence-electron chi connectivity index (χ2n) is 11.5. The topological polar surface area (TPSA) is 79.4 Å². The predicted octanol–water partition coefficient (Wildman–Crippen LogP) is 6.85. The highest BCUT2D eigenvalue weighted by atomic mass is 32.2. The molecule has 0 amide bonds. The summed E-state index contributed by atoms with van der Waals surface area (Å²) >= 11 is 1.42. The maximum Gasteiger partial charge on any atom is 0.315 e. The summed E-state index contributed by atoms with van der Waals surface area (Å²) in [6.45, 7) is 7.05. The van der Waals surface area contributed by atoms with Gasteiger partial charge in [0, 0.05) is 44.3 Å². The van der Waals surface area contributed by atoms with Crippen molar-refractivity contribution in [3.8, 4) is 5.75 Å². The Hall–Kier alpha value is -3.21. The first-order valence-electron chi connectivity index (χ1n) is 15.1. The van der Waals surface area contributed by atoms with E-state index in [2.05, 4.69) is 18.7 Å². The Bertz CT molecular complexity index is 1510. The predicted molar refractivity (Wildman–Crippen MR) is 181 cm³/mol. The molecule has 0 aliphatic carbocycles. The van der Waals surface area contributed by atoms with Gasteiger partial charge in [-0.3, -0.25) is 4.79 Å². The first-order chi connectivity index (χ1) is 21.0. The van der Waals surface area contributed by atoms with E-state index in [9.17, 15) is 13.2 Å². The number of anilines is 3. The number of carbonyl (C=O) groups excluding carboxylic acids is 1. The van der Waals surface area contributed by atoms with E-state index in [0.29, 0.717) is 31.0 Å². The average molecular weight is 640 g/mol. The summed E-state index contributed by atoms with van der Waals surface area (Å²) in [6.07, 6.45) is 2.55. The minimum absolute atomic E-state index is 0.194. The zero-order valence-corrected chi connectivity index (χ0v) is 28.3. The lowest BCUT2D eigenvalue weighted by molar-refractivity contribution is -0.139.